The van der Waals surface area contributed by atoms with E-state index in [0.29, 0.717) is 19.3 Å². The highest BCUT2D eigenvalue weighted by Crippen LogP contribution is 2.17. The number of hydrogen-bond donors (Lipinski definition) is 0. The van der Waals surface area contributed by atoms with Crippen molar-refractivity contribution in [2.45, 2.75) is 316 Å². The number of carbonyl (C=O) groups excluding carboxylic acids is 3. The fourth-order valence-electron chi connectivity index (χ4n) is 8.39. The van der Waals surface area contributed by atoms with Gasteiger partial charge in [-0.05, 0) is 25.2 Å². The topological polar surface area (TPSA) is 78.9 Å². The molecule has 0 heterocycles. The molecule has 0 N–H and O–H groups in total. The Morgan fingerprint density at radius 3 is 0.803 bits per heavy atom. The average Bonchev–Trinajstić information content (AvgIpc) is 3.24. The van der Waals surface area contributed by atoms with Crippen molar-refractivity contribution in [3.63, 3.8) is 0 Å². The summed E-state index contributed by atoms with van der Waals surface area (Å²) >= 11 is 0. The minimum absolute atomic E-state index is 0.0633. The monoisotopic (exact) mass is 863 g/mol. The van der Waals surface area contributed by atoms with Gasteiger partial charge in [0.05, 0.1) is 0 Å². The van der Waals surface area contributed by atoms with Gasteiger partial charge in [0.1, 0.15) is 13.2 Å². The minimum atomic E-state index is -0.761. The number of hydrogen-bond acceptors (Lipinski definition) is 6. The van der Waals surface area contributed by atoms with Crippen LogP contribution in [-0.2, 0) is 28.6 Å². The van der Waals surface area contributed by atoms with Crippen LogP contribution in [0.5, 0.6) is 0 Å². The first kappa shape index (κ1) is 59.4. The third-order valence-electron chi connectivity index (χ3n) is 12.5. The Bertz CT molecular complexity index is 918. The molecule has 6 heteroatoms. The van der Waals surface area contributed by atoms with Gasteiger partial charge in [-0.2, -0.15) is 0 Å². The van der Waals surface area contributed by atoms with Gasteiger partial charge in [0, 0.05) is 19.3 Å². The Hall–Kier alpha value is -1.59. The first-order valence-corrected chi connectivity index (χ1v) is 27.4. The summed E-state index contributed by atoms with van der Waals surface area (Å²) in [7, 11) is 0. The molecule has 0 aromatic carbocycles. The molecule has 362 valence electrons. The van der Waals surface area contributed by atoms with Gasteiger partial charge in [0.2, 0.25) is 0 Å². The molecule has 0 rings (SSSR count). The molecule has 0 amide bonds. The smallest absolute Gasteiger partial charge is 0.306 e. The zero-order valence-corrected chi connectivity index (χ0v) is 41.6. The summed E-state index contributed by atoms with van der Waals surface area (Å²) in [5, 5.41) is 0. The first-order valence-electron chi connectivity index (χ1n) is 27.4. The van der Waals surface area contributed by atoms with E-state index in [4.69, 9.17) is 14.2 Å². The maximum Gasteiger partial charge on any atom is 0.306 e. The van der Waals surface area contributed by atoms with Crippen molar-refractivity contribution in [1.82, 2.24) is 0 Å². The predicted octanol–water partition coefficient (Wildman–Crippen LogP) is 17.8. The highest BCUT2D eigenvalue weighted by atomic mass is 16.6. The van der Waals surface area contributed by atoms with Crippen molar-refractivity contribution in [2.75, 3.05) is 13.2 Å². The van der Waals surface area contributed by atoms with Gasteiger partial charge < -0.3 is 14.2 Å². The van der Waals surface area contributed by atoms with Crippen molar-refractivity contribution in [3.05, 3.63) is 0 Å². The van der Waals surface area contributed by atoms with Gasteiger partial charge in [-0.15, -0.1) is 0 Å². The van der Waals surface area contributed by atoms with Crippen LogP contribution < -0.4 is 0 Å². The maximum absolute atomic E-state index is 12.8. The Labute approximate surface area is 380 Å². The molecule has 0 fully saturated rings. The standard InChI is InChI=1S/C55H106O6/c1-5-7-9-11-13-15-17-19-21-22-23-24-26-27-29-31-33-38-42-46-53(56)59-49-52(50-60-54(57)47-43-39-36-35-37-41-45-51(3)4)61-55(58)48-44-40-34-32-30-28-25-20-18-16-14-12-10-8-6-2/h51-52H,5-50H2,1-4H3/t52-/m0/s1. The van der Waals surface area contributed by atoms with Crippen LogP contribution in [-0.4, -0.2) is 37.2 Å². The second kappa shape index (κ2) is 49.4. The van der Waals surface area contributed by atoms with Gasteiger partial charge in [-0.25, -0.2) is 0 Å². The molecule has 0 unspecified atom stereocenters. The molecule has 0 aromatic rings. The van der Waals surface area contributed by atoms with Crippen LogP contribution in [0.15, 0.2) is 0 Å². The molecule has 0 aromatic heterocycles. The Morgan fingerprint density at radius 2 is 0.541 bits per heavy atom. The fourth-order valence-corrected chi connectivity index (χ4v) is 8.39. The number of unbranched alkanes of at least 4 members (excludes halogenated alkanes) is 37. The van der Waals surface area contributed by atoms with E-state index in [-0.39, 0.29) is 31.1 Å². The summed E-state index contributed by atoms with van der Waals surface area (Å²) in [5.41, 5.74) is 0. The average molecular weight is 863 g/mol. The van der Waals surface area contributed by atoms with Crippen molar-refractivity contribution in [2.24, 2.45) is 5.92 Å². The van der Waals surface area contributed by atoms with Crippen molar-refractivity contribution >= 4 is 17.9 Å². The van der Waals surface area contributed by atoms with Crippen LogP contribution in [0, 0.1) is 5.92 Å². The number of rotatable bonds is 50. The fraction of sp³-hybridized carbons (Fsp3) is 0.945. The van der Waals surface area contributed by atoms with E-state index in [1.807, 2.05) is 0 Å². The zero-order valence-electron chi connectivity index (χ0n) is 41.6. The summed E-state index contributed by atoms with van der Waals surface area (Å²) in [6.07, 6.45) is 52.5. The van der Waals surface area contributed by atoms with E-state index >= 15 is 0 Å². The van der Waals surface area contributed by atoms with Crippen LogP contribution in [0.25, 0.3) is 0 Å². The van der Waals surface area contributed by atoms with Crippen LogP contribution in [0.3, 0.4) is 0 Å². The molecule has 1 atom stereocenters. The van der Waals surface area contributed by atoms with Crippen molar-refractivity contribution in [3.8, 4) is 0 Å². The lowest BCUT2D eigenvalue weighted by atomic mass is 10.0. The Morgan fingerprint density at radius 1 is 0.311 bits per heavy atom. The van der Waals surface area contributed by atoms with Gasteiger partial charge in [0.25, 0.3) is 0 Å². The summed E-state index contributed by atoms with van der Waals surface area (Å²) in [5.74, 6) is -0.0829. The van der Waals surface area contributed by atoms with E-state index in [1.165, 1.54) is 205 Å². The lowest BCUT2D eigenvalue weighted by Crippen LogP contribution is -2.30. The van der Waals surface area contributed by atoms with Crippen LogP contribution in [0.4, 0.5) is 0 Å². The van der Waals surface area contributed by atoms with E-state index in [1.54, 1.807) is 0 Å². The highest BCUT2D eigenvalue weighted by Gasteiger charge is 2.19. The third-order valence-corrected chi connectivity index (χ3v) is 12.5. The molecule has 0 spiro atoms. The maximum atomic E-state index is 12.8. The van der Waals surface area contributed by atoms with Gasteiger partial charge in [-0.3, -0.25) is 14.4 Å². The van der Waals surface area contributed by atoms with Gasteiger partial charge in [0.15, 0.2) is 6.10 Å². The second-order valence-electron chi connectivity index (χ2n) is 19.3. The van der Waals surface area contributed by atoms with E-state index in [2.05, 4.69) is 27.7 Å². The lowest BCUT2D eigenvalue weighted by molar-refractivity contribution is -0.167. The van der Waals surface area contributed by atoms with Crippen LogP contribution in [0.2, 0.25) is 0 Å². The molecule has 0 bridgehead atoms. The SMILES string of the molecule is CCCCCCCCCCCCCCCCCCCCCC(=O)OC[C@@H](COC(=O)CCCCCCCCC(C)C)OC(=O)CCCCCCCCCCCCCCCCC. The van der Waals surface area contributed by atoms with Crippen LogP contribution >= 0.6 is 0 Å². The first-order chi connectivity index (χ1) is 29.9. The molecule has 6 nitrogen and oxygen atoms in total. The van der Waals surface area contributed by atoms with Crippen molar-refractivity contribution in [1.29, 1.82) is 0 Å². The van der Waals surface area contributed by atoms with Gasteiger partial charge >= 0.3 is 17.9 Å². The molecular weight excluding hydrogens is 757 g/mol. The molecule has 0 aliphatic heterocycles. The Kier molecular flexibility index (Phi) is 48.1. The van der Waals surface area contributed by atoms with Gasteiger partial charge in [-0.1, -0.05) is 272 Å². The molecule has 0 aliphatic rings. The Balaban J connectivity index is 4.21. The quantitative estimate of drug-likeness (QED) is 0.0344. The molecule has 0 radical (unpaired) electrons. The molecular formula is C55H106O6. The summed E-state index contributed by atoms with van der Waals surface area (Å²) in [6.45, 7) is 8.97. The number of carbonyl (C=O) groups is 3. The third kappa shape index (κ3) is 49.3. The van der Waals surface area contributed by atoms with E-state index in [0.717, 1.165) is 63.7 Å². The van der Waals surface area contributed by atoms with Crippen molar-refractivity contribution < 1.29 is 28.6 Å². The van der Waals surface area contributed by atoms with E-state index in [9.17, 15) is 14.4 Å². The molecule has 61 heavy (non-hydrogen) atoms. The normalized spacial score (nSPS) is 12.0. The number of ether oxygens (including phenoxy) is 3. The predicted molar refractivity (Wildman–Crippen MR) is 261 cm³/mol. The lowest BCUT2D eigenvalue weighted by Gasteiger charge is -2.18. The minimum Gasteiger partial charge on any atom is -0.462 e. The molecule has 0 saturated heterocycles. The molecule has 0 saturated carbocycles. The van der Waals surface area contributed by atoms with E-state index < -0.39 is 6.10 Å². The highest BCUT2D eigenvalue weighted by molar-refractivity contribution is 5.71. The van der Waals surface area contributed by atoms with Crippen LogP contribution in [0.1, 0.15) is 310 Å². The number of esters is 3. The summed E-state index contributed by atoms with van der Waals surface area (Å²) in [6, 6.07) is 0. The summed E-state index contributed by atoms with van der Waals surface area (Å²) < 4.78 is 16.8. The second-order valence-corrected chi connectivity index (χ2v) is 19.3. The molecule has 0 aliphatic carbocycles. The zero-order chi connectivity index (χ0) is 44.5. The summed E-state index contributed by atoms with van der Waals surface area (Å²) in [4.78, 5) is 37.9. The largest absolute Gasteiger partial charge is 0.462 e.